The van der Waals surface area contributed by atoms with Crippen LogP contribution in [0.2, 0.25) is 0 Å². The molecule has 3 aromatic rings. The Morgan fingerprint density at radius 2 is 1.50 bits per heavy atom. The number of anilines is 3. The highest BCUT2D eigenvalue weighted by Crippen LogP contribution is 2.48. The van der Waals surface area contributed by atoms with Crippen LogP contribution in [0.25, 0.3) is 0 Å². The molecule has 0 radical (unpaired) electrons. The van der Waals surface area contributed by atoms with Gasteiger partial charge in [-0.05, 0) is 54.4 Å². The lowest BCUT2D eigenvalue weighted by Gasteiger charge is -2.55. The van der Waals surface area contributed by atoms with Crippen molar-refractivity contribution >= 4 is 34.9 Å². The average Bonchev–Trinajstić information content (AvgIpc) is 2.92. The van der Waals surface area contributed by atoms with Gasteiger partial charge < -0.3 is 9.80 Å². The third kappa shape index (κ3) is 3.62. The standard InChI is InChI=1S/C28H23F3N4O3/c29-28(30,31)19-11-12-22-18(15-19)16-27(23-17-33(13-14-34(22)23)20-7-3-1-4-8-20)24(36)32-26(38)35(25(27)37)21-9-5-2-6-10-21/h1-12,15,23H,13-14,16-17H2,(H,32,36,38)/t23-,27-/m1/s1. The summed E-state index contributed by atoms with van der Waals surface area (Å²) < 4.78 is 40.9. The Morgan fingerprint density at radius 1 is 0.842 bits per heavy atom. The number of halogens is 3. The van der Waals surface area contributed by atoms with Crippen molar-refractivity contribution in [3.63, 3.8) is 0 Å². The smallest absolute Gasteiger partial charge is 0.368 e. The Hall–Kier alpha value is -4.34. The van der Waals surface area contributed by atoms with Gasteiger partial charge in [0, 0.05) is 31.0 Å². The highest BCUT2D eigenvalue weighted by atomic mass is 19.4. The lowest BCUT2D eigenvalue weighted by atomic mass is 9.67. The van der Waals surface area contributed by atoms with Crippen LogP contribution >= 0.6 is 0 Å². The molecule has 6 rings (SSSR count). The van der Waals surface area contributed by atoms with Gasteiger partial charge in [-0.15, -0.1) is 0 Å². The average molecular weight is 521 g/mol. The molecule has 3 heterocycles. The minimum atomic E-state index is -4.59. The largest absolute Gasteiger partial charge is 0.416 e. The molecular weight excluding hydrogens is 497 g/mol. The SMILES string of the molecule is O=C1NC(=O)[C@]2(Cc3cc(C(F)(F)F)ccc3N3CCN(c4ccccc4)C[C@@H]32)C(=O)N1c1ccccc1. The van der Waals surface area contributed by atoms with Crippen molar-refractivity contribution in [3.8, 4) is 0 Å². The number of benzene rings is 3. The summed E-state index contributed by atoms with van der Waals surface area (Å²) in [7, 11) is 0. The number of piperazine rings is 1. The van der Waals surface area contributed by atoms with Crippen LogP contribution in [0, 0.1) is 5.41 Å². The number of alkyl halides is 3. The highest BCUT2D eigenvalue weighted by Gasteiger charge is 2.63. The van der Waals surface area contributed by atoms with Gasteiger partial charge in [-0.25, -0.2) is 9.69 Å². The summed E-state index contributed by atoms with van der Waals surface area (Å²) in [5.74, 6) is -1.54. The van der Waals surface area contributed by atoms with E-state index >= 15 is 0 Å². The number of amides is 4. The van der Waals surface area contributed by atoms with Gasteiger partial charge in [-0.1, -0.05) is 36.4 Å². The van der Waals surface area contributed by atoms with Crippen molar-refractivity contribution in [2.24, 2.45) is 5.41 Å². The number of carbonyl (C=O) groups is 3. The molecule has 1 N–H and O–H groups in total. The third-order valence-electron chi connectivity index (χ3n) is 7.68. The lowest BCUT2D eigenvalue weighted by molar-refractivity contribution is -0.144. The summed E-state index contributed by atoms with van der Waals surface area (Å²) in [5, 5.41) is 2.34. The van der Waals surface area contributed by atoms with Crippen LogP contribution in [-0.4, -0.2) is 43.5 Å². The number of nitrogens with one attached hydrogen (secondary N) is 1. The van der Waals surface area contributed by atoms with Crippen molar-refractivity contribution in [1.29, 1.82) is 0 Å². The predicted octanol–water partition coefficient (Wildman–Crippen LogP) is 4.23. The molecule has 10 heteroatoms. The molecule has 1 spiro atoms. The summed E-state index contributed by atoms with van der Waals surface area (Å²) >= 11 is 0. The van der Waals surface area contributed by atoms with Gasteiger partial charge in [0.25, 0.3) is 5.91 Å². The molecule has 0 bridgehead atoms. The maximum absolute atomic E-state index is 14.3. The summed E-state index contributed by atoms with van der Waals surface area (Å²) in [5.41, 5.74) is -0.694. The molecule has 38 heavy (non-hydrogen) atoms. The highest BCUT2D eigenvalue weighted by molar-refractivity contribution is 6.30. The van der Waals surface area contributed by atoms with E-state index in [0.29, 0.717) is 18.8 Å². The Bertz CT molecular complexity index is 1430. The van der Waals surface area contributed by atoms with E-state index in [1.165, 1.54) is 6.07 Å². The molecule has 3 aliphatic rings. The first-order valence-electron chi connectivity index (χ1n) is 12.2. The van der Waals surface area contributed by atoms with E-state index < -0.39 is 41.0 Å². The van der Waals surface area contributed by atoms with Crippen molar-refractivity contribution in [1.82, 2.24) is 5.32 Å². The zero-order valence-corrected chi connectivity index (χ0v) is 20.1. The van der Waals surface area contributed by atoms with Crippen molar-refractivity contribution in [2.75, 3.05) is 34.3 Å². The van der Waals surface area contributed by atoms with Crippen LogP contribution in [0.1, 0.15) is 11.1 Å². The second-order valence-electron chi connectivity index (χ2n) is 9.72. The summed E-state index contributed by atoms with van der Waals surface area (Å²) in [6, 6.07) is 19.6. The van der Waals surface area contributed by atoms with Crippen LogP contribution in [-0.2, 0) is 22.2 Å². The first-order chi connectivity index (χ1) is 18.2. The summed E-state index contributed by atoms with van der Waals surface area (Å²) in [6.07, 6.45) is -4.85. The van der Waals surface area contributed by atoms with Gasteiger partial charge in [0.05, 0.1) is 17.3 Å². The summed E-state index contributed by atoms with van der Waals surface area (Å²) in [6.45, 7) is 1.17. The number of para-hydroxylation sites is 2. The Labute approximate surface area is 216 Å². The van der Waals surface area contributed by atoms with E-state index in [1.54, 1.807) is 30.3 Å². The Kier molecular flexibility index (Phi) is 5.44. The Balaban J connectivity index is 1.51. The van der Waals surface area contributed by atoms with E-state index in [4.69, 9.17) is 0 Å². The quantitative estimate of drug-likeness (QED) is 0.513. The molecule has 0 saturated carbocycles. The fraction of sp³-hybridized carbons (Fsp3) is 0.250. The molecule has 4 amide bonds. The fourth-order valence-electron chi connectivity index (χ4n) is 5.88. The first-order valence-corrected chi connectivity index (χ1v) is 12.2. The predicted molar refractivity (Wildman–Crippen MR) is 135 cm³/mol. The second kappa shape index (κ2) is 8.61. The van der Waals surface area contributed by atoms with Crippen LogP contribution in [0.15, 0.2) is 78.9 Å². The van der Waals surface area contributed by atoms with Gasteiger partial charge in [-0.2, -0.15) is 13.2 Å². The molecule has 3 aliphatic heterocycles. The number of hydrogen-bond donors (Lipinski definition) is 1. The van der Waals surface area contributed by atoms with E-state index in [1.807, 2.05) is 35.2 Å². The molecule has 3 aromatic carbocycles. The number of urea groups is 1. The zero-order valence-electron chi connectivity index (χ0n) is 20.1. The minimum absolute atomic E-state index is 0.245. The van der Waals surface area contributed by atoms with E-state index in [-0.39, 0.29) is 24.2 Å². The maximum atomic E-state index is 14.3. The van der Waals surface area contributed by atoms with Gasteiger partial charge in [0.1, 0.15) is 0 Å². The molecule has 2 saturated heterocycles. The number of fused-ring (bicyclic) bond motifs is 4. The second-order valence-corrected chi connectivity index (χ2v) is 9.72. The number of rotatable bonds is 2. The number of barbiturate groups is 1. The molecule has 2 fully saturated rings. The minimum Gasteiger partial charge on any atom is -0.368 e. The van der Waals surface area contributed by atoms with Crippen molar-refractivity contribution < 1.29 is 27.6 Å². The zero-order chi connectivity index (χ0) is 26.7. The van der Waals surface area contributed by atoms with E-state index in [0.717, 1.165) is 22.7 Å². The molecular formula is C28H23F3N4O3. The molecule has 2 atom stereocenters. The molecule has 0 aliphatic carbocycles. The van der Waals surface area contributed by atoms with Crippen molar-refractivity contribution in [2.45, 2.75) is 18.6 Å². The number of imide groups is 2. The van der Waals surface area contributed by atoms with Crippen LogP contribution in [0.3, 0.4) is 0 Å². The molecule has 0 aromatic heterocycles. The lowest BCUT2D eigenvalue weighted by Crippen LogP contribution is -2.75. The van der Waals surface area contributed by atoms with Crippen LogP contribution in [0.4, 0.5) is 35.0 Å². The molecule has 194 valence electrons. The topological polar surface area (TPSA) is 73.0 Å². The van der Waals surface area contributed by atoms with Crippen molar-refractivity contribution in [3.05, 3.63) is 90.0 Å². The molecule has 7 nitrogen and oxygen atoms in total. The number of carbonyl (C=O) groups excluding carboxylic acids is 3. The van der Waals surface area contributed by atoms with Gasteiger partial charge in [-0.3, -0.25) is 14.9 Å². The normalized spacial score (nSPS) is 23.3. The van der Waals surface area contributed by atoms with Crippen LogP contribution < -0.4 is 20.0 Å². The number of hydrogen-bond acceptors (Lipinski definition) is 5. The van der Waals surface area contributed by atoms with Crippen LogP contribution in [0.5, 0.6) is 0 Å². The molecule has 0 unspecified atom stereocenters. The van der Waals surface area contributed by atoms with E-state index in [2.05, 4.69) is 10.2 Å². The Morgan fingerprint density at radius 3 is 2.16 bits per heavy atom. The number of nitrogens with zero attached hydrogens (tertiary/aromatic N) is 3. The fourth-order valence-corrected chi connectivity index (χ4v) is 5.88. The maximum Gasteiger partial charge on any atom is 0.416 e. The monoisotopic (exact) mass is 520 g/mol. The first kappa shape index (κ1) is 24.0. The van der Waals surface area contributed by atoms with Gasteiger partial charge in [0.2, 0.25) is 5.91 Å². The third-order valence-corrected chi connectivity index (χ3v) is 7.68. The van der Waals surface area contributed by atoms with Gasteiger partial charge >= 0.3 is 12.2 Å². The van der Waals surface area contributed by atoms with E-state index in [9.17, 15) is 27.6 Å². The summed E-state index contributed by atoms with van der Waals surface area (Å²) in [4.78, 5) is 45.8. The van der Waals surface area contributed by atoms with Gasteiger partial charge in [0.15, 0.2) is 5.41 Å².